The van der Waals surface area contributed by atoms with Crippen molar-refractivity contribution in [3.8, 4) is 0 Å². The van der Waals surface area contributed by atoms with Gasteiger partial charge in [0.15, 0.2) is 5.13 Å². The molecule has 0 saturated carbocycles. The SMILES string of the molecule is O=c1ncc(Cl)cn1Cc1csc(NC(c2ccccc2)(c2ccccc2)c2ccccc2)n1. The molecule has 0 bridgehead atoms. The minimum Gasteiger partial charge on any atom is -0.344 e. The van der Waals surface area contributed by atoms with E-state index >= 15 is 0 Å². The van der Waals surface area contributed by atoms with Crippen molar-refractivity contribution >= 4 is 28.1 Å². The number of halogens is 1. The number of nitrogens with one attached hydrogen (secondary N) is 1. The zero-order valence-corrected chi connectivity index (χ0v) is 19.7. The molecule has 0 amide bonds. The minimum absolute atomic E-state index is 0.291. The van der Waals surface area contributed by atoms with Gasteiger partial charge in [0.1, 0.15) is 5.54 Å². The second-order valence-corrected chi connectivity index (χ2v) is 9.09. The first-order valence-electron chi connectivity index (χ1n) is 10.8. The summed E-state index contributed by atoms with van der Waals surface area (Å²) in [5.74, 6) is 0. The highest BCUT2D eigenvalue weighted by Gasteiger charge is 2.37. The predicted octanol–water partition coefficient (Wildman–Crippen LogP) is 5.81. The number of hydrogen-bond donors (Lipinski definition) is 1. The standard InChI is InChI=1S/C27H21ClN4OS/c28-23-16-29-26(33)32(17-23)18-24-19-34-25(30-24)31-27(20-10-4-1-5-11-20,21-12-6-2-7-13-21)22-14-8-3-9-15-22/h1-17,19H,18H2,(H,30,31). The molecule has 0 aliphatic rings. The highest BCUT2D eigenvalue weighted by molar-refractivity contribution is 7.13. The van der Waals surface area contributed by atoms with E-state index in [9.17, 15) is 4.79 Å². The Morgan fingerprint density at radius 1 is 0.853 bits per heavy atom. The van der Waals surface area contributed by atoms with Gasteiger partial charge in [0.25, 0.3) is 0 Å². The Kier molecular flexibility index (Phi) is 6.25. The van der Waals surface area contributed by atoms with Gasteiger partial charge in [0.2, 0.25) is 0 Å². The van der Waals surface area contributed by atoms with Crippen molar-refractivity contribution in [3.05, 3.63) is 147 Å². The van der Waals surface area contributed by atoms with Gasteiger partial charge in [-0.1, -0.05) is 103 Å². The molecule has 2 aromatic heterocycles. The Hall–Kier alpha value is -3.74. The summed E-state index contributed by atoms with van der Waals surface area (Å²) in [5.41, 5.74) is 3.02. The molecule has 1 N–H and O–H groups in total. The second kappa shape index (κ2) is 9.63. The highest BCUT2D eigenvalue weighted by Crippen LogP contribution is 2.40. The van der Waals surface area contributed by atoms with Crippen LogP contribution in [0.2, 0.25) is 5.02 Å². The van der Waals surface area contributed by atoms with Crippen molar-refractivity contribution in [2.24, 2.45) is 0 Å². The third kappa shape index (κ3) is 4.38. The number of nitrogens with zero attached hydrogens (tertiary/aromatic N) is 3. The van der Waals surface area contributed by atoms with E-state index in [2.05, 4.69) is 46.7 Å². The first-order chi connectivity index (χ1) is 16.6. The van der Waals surface area contributed by atoms with Crippen molar-refractivity contribution in [2.75, 3.05) is 5.32 Å². The van der Waals surface area contributed by atoms with Crippen molar-refractivity contribution in [2.45, 2.75) is 12.1 Å². The molecule has 5 rings (SSSR count). The fraction of sp³-hybridized carbons (Fsp3) is 0.0741. The molecular weight excluding hydrogens is 464 g/mol. The van der Waals surface area contributed by atoms with E-state index in [1.165, 1.54) is 22.1 Å². The van der Waals surface area contributed by atoms with Crippen LogP contribution in [0.1, 0.15) is 22.4 Å². The van der Waals surface area contributed by atoms with Crippen LogP contribution >= 0.6 is 22.9 Å². The number of aromatic nitrogens is 3. The molecule has 7 heteroatoms. The van der Waals surface area contributed by atoms with E-state index in [1.54, 1.807) is 6.20 Å². The third-order valence-corrected chi connectivity index (χ3v) is 6.62. The number of hydrogen-bond acceptors (Lipinski definition) is 5. The molecule has 2 heterocycles. The van der Waals surface area contributed by atoms with Crippen molar-refractivity contribution in [1.82, 2.24) is 14.5 Å². The van der Waals surface area contributed by atoms with Gasteiger partial charge in [0, 0.05) is 11.6 Å². The molecule has 0 fully saturated rings. The normalized spacial score (nSPS) is 11.3. The van der Waals surface area contributed by atoms with E-state index in [4.69, 9.17) is 16.6 Å². The largest absolute Gasteiger partial charge is 0.347 e. The van der Waals surface area contributed by atoms with E-state index in [0.29, 0.717) is 11.6 Å². The van der Waals surface area contributed by atoms with Crippen LogP contribution in [0.5, 0.6) is 0 Å². The van der Waals surface area contributed by atoms with Gasteiger partial charge in [-0.2, -0.15) is 0 Å². The maximum Gasteiger partial charge on any atom is 0.347 e. The first kappa shape index (κ1) is 22.1. The predicted molar refractivity (Wildman–Crippen MR) is 138 cm³/mol. The molecule has 34 heavy (non-hydrogen) atoms. The molecule has 5 nitrogen and oxygen atoms in total. The van der Waals surface area contributed by atoms with Crippen molar-refractivity contribution in [3.63, 3.8) is 0 Å². The number of anilines is 1. The summed E-state index contributed by atoms with van der Waals surface area (Å²) in [6.45, 7) is 0.291. The Bertz CT molecular complexity index is 1340. The molecule has 0 radical (unpaired) electrons. The van der Waals surface area contributed by atoms with Crippen LogP contribution in [0.15, 0.2) is 114 Å². The molecule has 0 aliphatic heterocycles. The molecule has 0 spiro atoms. The number of benzene rings is 3. The Balaban J connectivity index is 1.60. The average Bonchev–Trinajstić information content (AvgIpc) is 3.33. The van der Waals surface area contributed by atoms with Crippen LogP contribution in [0.4, 0.5) is 5.13 Å². The summed E-state index contributed by atoms with van der Waals surface area (Å²) < 4.78 is 1.46. The summed E-state index contributed by atoms with van der Waals surface area (Å²) in [6, 6.07) is 31.1. The highest BCUT2D eigenvalue weighted by atomic mass is 35.5. The summed E-state index contributed by atoms with van der Waals surface area (Å²) in [6.07, 6.45) is 2.92. The van der Waals surface area contributed by atoms with Crippen LogP contribution in [0, 0.1) is 0 Å². The molecule has 0 aliphatic carbocycles. The van der Waals surface area contributed by atoms with Gasteiger partial charge < -0.3 is 5.32 Å². The lowest BCUT2D eigenvalue weighted by molar-refractivity contribution is 0.700. The van der Waals surface area contributed by atoms with E-state index in [-0.39, 0.29) is 5.69 Å². The lowest BCUT2D eigenvalue weighted by Gasteiger charge is -2.36. The van der Waals surface area contributed by atoms with Crippen molar-refractivity contribution in [1.29, 1.82) is 0 Å². The van der Waals surface area contributed by atoms with Crippen molar-refractivity contribution < 1.29 is 0 Å². The first-order valence-corrected chi connectivity index (χ1v) is 12.0. The zero-order chi connectivity index (χ0) is 23.4. The number of thiazole rings is 1. The monoisotopic (exact) mass is 484 g/mol. The zero-order valence-electron chi connectivity index (χ0n) is 18.1. The van der Waals surface area contributed by atoms with Crippen LogP contribution in [0.25, 0.3) is 0 Å². The smallest absolute Gasteiger partial charge is 0.344 e. The molecule has 0 unspecified atom stereocenters. The molecule has 0 atom stereocenters. The maximum atomic E-state index is 12.1. The topological polar surface area (TPSA) is 59.8 Å². The summed E-state index contributed by atoms with van der Waals surface area (Å²) >= 11 is 7.53. The average molecular weight is 485 g/mol. The van der Waals surface area contributed by atoms with Gasteiger partial charge in [0.05, 0.1) is 23.5 Å². The van der Waals surface area contributed by atoms with Gasteiger partial charge in [-0.25, -0.2) is 14.8 Å². The Morgan fingerprint density at radius 2 is 1.38 bits per heavy atom. The summed E-state index contributed by atoms with van der Waals surface area (Å²) in [5, 5.41) is 6.85. The minimum atomic E-state index is -0.659. The van der Waals surface area contributed by atoms with Crippen LogP contribution in [0.3, 0.4) is 0 Å². The molecule has 0 saturated heterocycles. The second-order valence-electron chi connectivity index (χ2n) is 7.80. The third-order valence-electron chi connectivity index (χ3n) is 5.62. The number of rotatable bonds is 7. The van der Waals surface area contributed by atoms with E-state index < -0.39 is 5.54 Å². The van der Waals surface area contributed by atoms with E-state index in [0.717, 1.165) is 27.5 Å². The van der Waals surface area contributed by atoms with Crippen LogP contribution < -0.4 is 11.0 Å². The molecule has 3 aromatic carbocycles. The van der Waals surface area contributed by atoms with Crippen LogP contribution in [-0.4, -0.2) is 14.5 Å². The van der Waals surface area contributed by atoms with Gasteiger partial charge in [-0.15, -0.1) is 11.3 Å². The summed E-state index contributed by atoms with van der Waals surface area (Å²) in [4.78, 5) is 20.7. The summed E-state index contributed by atoms with van der Waals surface area (Å²) in [7, 11) is 0. The Morgan fingerprint density at radius 3 is 1.91 bits per heavy atom. The van der Waals surface area contributed by atoms with Crippen LogP contribution in [-0.2, 0) is 12.1 Å². The van der Waals surface area contributed by atoms with Gasteiger partial charge in [-0.05, 0) is 16.7 Å². The molecule has 168 valence electrons. The fourth-order valence-electron chi connectivity index (χ4n) is 4.09. The molecular formula is C27H21ClN4OS. The maximum absolute atomic E-state index is 12.1. The van der Waals surface area contributed by atoms with Gasteiger partial charge >= 0.3 is 5.69 Å². The fourth-order valence-corrected chi connectivity index (χ4v) is 5.02. The Labute approximate surface area is 206 Å². The lowest BCUT2D eigenvalue weighted by atomic mass is 9.77. The molecule has 5 aromatic rings. The van der Waals surface area contributed by atoms with Gasteiger partial charge in [-0.3, -0.25) is 4.57 Å². The lowest BCUT2D eigenvalue weighted by Crippen LogP contribution is -2.38. The quantitative estimate of drug-likeness (QED) is 0.296. The van der Waals surface area contributed by atoms with E-state index in [1.807, 2.05) is 60.0 Å².